The van der Waals surface area contributed by atoms with Gasteiger partial charge in [0.15, 0.2) is 11.4 Å². The molecule has 410 valence electrons. The van der Waals surface area contributed by atoms with Gasteiger partial charge < -0.3 is 54.3 Å². The van der Waals surface area contributed by atoms with Gasteiger partial charge in [-0.3, -0.25) is 34.1 Å². The number of esters is 1. The Hall–Kier alpha value is -6.15. The van der Waals surface area contributed by atoms with E-state index < -0.39 is 83.3 Å². The Kier molecular flexibility index (Phi) is 15.6. The molecule has 8 atom stereocenters. The van der Waals surface area contributed by atoms with E-state index in [0.717, 1.165) is 44.8 Å². The van der Waals surface area contributed by atoms with E-state index in [4.69, 9.17) is 24.2 Å². The highest BCUT2D eigenvalue weighted by molar-refractivity contribution is 6.19. The van der Waals surface area contributed by atoms with Crippen LogP contribution >= 0.6 is 0 Å². The lowest BCUT2D eigenvalue weighted by Crippen LogP contribution is -2.49. The number of carbonyl (C=O) groups is 4. The van der Waals surface area contributed by atoms with Gasteiger partial charge >= 0.3 is 11.8 Å². The number of hydrogen-bond donors (Lipinski definition) is 5. The fourth-order valence-electron chi connectivity index (χ4n) is 12.1. The Morgan fingerprint density at radius 1 is 0.921 bits per heavy atom. The Bertz CT molecular complexity index is 2990. The highest BCUT2D eigenvalue weighted by Crippen LogP contribution is 2.50. The van der Waals surface area contributed by atoms with E-state index in [1.165, 1.54) is 13.2 Å². The van der Waals surface area contributed by atoms with Crippen molar-refractivity contribution < 1.29 is 53.8 Å². The van der Waals surface area contributed by atoms with E-state index in [0.29, 0.717) is 51.0 Å². The van der Waals surface area contributed by atoms with Crippen molar-refractivity contribution in [3.05, 3.63) is 76.2 Å². The number of likely N-dealkylation sites (tertiary alicyclic amines) is 2. The number of Topliss-reactive ketones (excluding diaryl/α,β-unsaturated/α-hetero) is 1. The molecule has 1 spiro atoms. The molecular formula is C57H76N8O11. The standard InChI is InChI=1S/C57H76N8O11/c1-31(2)29-62-22-17-57(18-23-62)60-45-42-43-50(70)37(8)53-44(42)54(72)56(9,76-53)74-27-11-14-33(4)52(75-41(67)28-40(66)64-20-15-38(16-21-64)65-26-25-63-24-19-58-39(63)30-65)36(7)49(69)35(6)48(68)32(3)12-10-13-34(5)55(73)59-47(51(43)71)46(45)61-57/h10-13,19,24,27,31-33,35-36,38,48-49,52,68-71H,14-18,20-23,25-26,28-30H2,1-9H3,(H,59,73)/b12-10+,27-11+,34-13-/t32?,33-,35-,36-,48+,49?,52?,56?/m1/s1. The Balaban J connectivity index is 1.00. The third-order valence-electron chi connectivity index (χ3n) is 16.8. The van der Waals surface area contributed by atoms with Crippen LogP contribution in [0, 0.1) is 36.5 Å². The number of imidazole rings is 1. The number of rotatable bonds is 6. The maximum absolute atomic E-state index is 14.9. The van der Waals surface area contributed by atoms with E-state index in [9.17, 15) is 39.6 Å². The molecule has 19 heteroatoms. The first-order chi connectivity index (χ1) is 36.1. The van der Waals surface area contributed by atoms with Gasteiger partial charge in [0.1, 0.15) is 40.9 Å². The number of aliphatic hydroxyl groups is 2. The number of phenols is 2. The molecule has 5 N–H and O–H groups in total. The summed E-state index contributed by atoms with van der Waals surface area (Å²) in [5.74, 6) is -5.99. The fourth-order valence-corrected chi connectivity index (χ4v) is 12.1. The summed E-state index contributed by atoms with van der Waals surface area (Å²) in [5.41, 5.74) is -0.597. The predicted molar refractivity (Wildman–Crippen MR) is 283 cm³/mol. The van der Waals surface area contributed by atoms with E-state index in [-0.39, 0.29) is 67.7 Å². The first-order valence-electron chi connectivity index (χ1n) is 27.2. The minimum atomic E-state index is -1.95. The molecule has 2 fully saturated rings. The van der Waals surface area contributed by atoms with Gasteiger partial charge in [-0.25, -0.2) is 4.98 Å². The van der Waals surface area contributed by atoms with Crippen LogP contribution in [-0.4, -0.2) is 143 Å². The highest BCUT2D eigenvalue weighted by Gasteiger charge is 2.50. The summed E-state index contributed by atoms with van der Waals surface area (Å²) in [6.07, 6.45) is 10.9. The number of nitrogens with zero attached hydrogens (tertiary/aromatic N) is 7. The van der Waals surface area contributed by atoms with Gasteiger partial charge in [0.05, 0.1) is 41.3 Å². The number of fused-ring (bicyclic) bond motifs is 14. The van der Waals surface area contributed by atoms with Crippen LogP contribution in [0.4, 0.5) is 5.69 Å². The molecule has 5 bridgehead atoms. The number of aromatic nitrogens is 2. The van der Waals surface area contributed by atoms with Gasteiger partial charge in [0.25, 0.3) is 11.7 Å². The minimum absolute atomic E-state index is 0.0395. The van der Waals surface area contributed by atoms with Crippen LogP contribution in [0.15, 0.2) is 58.5 Å². The number of amides is 2. The Morgan fingerprint density at radius 3 is 2.34 bits per heavy atom. The van der Waals surface area contributed by atoms with Crippen molar-refractivity contribution in [2.75, 3.05) is 44.6 Å². The summed E-state index contributed by atoms with van der Waals surface area (Å²) in [6, 6.07) is 0.300. The maximum atomic E-state index is 14.9. The zero-order valence-electron chi connectivity index (χ0n) is 45.4. The molecule has 0 saturated carbocycles. The lowest BCUT2D eigenvalue weighted by Gasteiger charge is -2.40. The molecular weight excluding hydrogens is 973 g/mol. The third kappa shape index (κ3) is 10.5. The lowest BCUT2D eigenvalue weighted by molar-refractivity contribution is -0.162. The number of hydrogen-bond acceptors (Lipinski definition) is 16. The van der Waals surface area contributed by atoms with Gasteiger partial charge in [-0.2, -0.15) is 0 Å². The number of nitrogens with one attached hydrogen (secondary N) is 1. The van der Waals surface area contributed by atoms with Crippen molar-refractivity contribution >= 4 is 40.0 Å². The number of ether oxygens (including phenoxy) is 3. The number of carbonyl (C=O) groups excluding carboxylic acids is 4. The summed E-state index contributed by atoms with van der Waals surface area (Å²) in [6.45, 7) is 21.9. The second-order valence-corrected chi connectivity index (χ2v) is 22.8. The lowest BCUT2D eigenvalue weighted by atomic mass is 9.79. The van der Waals surface area contributed by atoms with Crippen molar-refractivity contribution in [2.45, 2.75) is 150 Å². The van der Waals surface area contributed by atoms with Crippen LogP contribution in [0.2, 0.25) is 0 Å². The average molecular weight is 1050 g/mol. The molecule has 2 saturated heterocycles. The number of phenolic OH excluding ortho intramolecular Hbond substituents is 2. The summed E-state index contributed by atoms with van der Waals surface area (Å²) in [7, 11) is 0. The van der Waals surface area contributed by atoms with Crippen molar-refractivity contribution in [1.29, 1.82) is 0 Å². The van der Waals surface area contributed by atoms with E-state index in [1.54, 1.807) is 63.8 Å². The molecule has 8 heterocycles. The van der Waals surface area contributed by atoms with Crippen LogP contribution in [0.5, 0.6) is 17.2 Å². The highest BCUT2D eigenvalue weighted by atomic mass is 16.7. The number of piperidine rings is 2. The summed E-state index contributed by atoms with van der Waals surface area (Å²) in [4.78, 5) is 77.8. The molecule has 0 aliphatic carbocycles. The smallest absolute Gasteiger partial charge is 0.315 e. The number of ketones is 1. The molecule has 2 amide bonds. The zero-order chi connectivity index (χ0) is 54.5. The van der Waals surface area contributed by atoms with Crippen molar-refractivity contribution in [3.63, 3.8) is 0 Å². The Labute approximate surface area is 444 Å². The van der Waals surface area contributed by atoms with Gasteiger partial charge in [-0.15, -0.1) is 0 Å². The van der Waals surface area contributed by atoms with Crippen LogP contribution in [0.25, 0.3) is 10.8 Å². The van der Waals surface area contributed by atoms with Crippen molar-refractivity contribution in [2.24, 2.45) is 39.6 Å². The molecule has 1 aromatic heterocycles. The van der Waals surface area contributed by atoms with Crippen LogP contribution in [-0.2, 0) is 36.9 Å². The first-order valence-corrected chi connectivity index (χ1v) is 27.2. The minimum Gasteiger partial charge on any atom is -0.507 e. The number of allylic oxidation sites excluding steroid dienone is 3. The molecule has 10 rings (SSSR count). The fraction of sp³-hybridized carbons (Fsp3) is 0.596. The summed E-state index contributed by atoms with van der Waals surface area (Å²) in [5, 5.41) is 51.0. The van der Waals surface area contributed by atoms with Gasteiger partial charge in [-0.1, -0.05) is 59.8 Å². The van der Waals surface area contributed by atoms with Crippen LogP contribution in [0.3, 0.4) is 0 Å². The second kappa shape index (κ2) is 21.7. The van der Waals surface area contributed by atoms with Gasteiger partial charge in [-0.05, 0) is 51.0 Å². The molecule has 7 aliphatic heterocycles. The van der Waals surface area contributed by atoms with Gasteiger partial charge in [0, 0.05) is 118 Å². The second-order valence-electron chi connectivity index (χ2n) is 22.8. The average Bonchev–Trinajstić information content (AvgIpc) is 4.30. The molecule has 0 radical (unpaired) electrons. The van der Waals surface area contributed by atoms with Crippen LogP contribution in [0.1, 0.15) is 116 Å². The predicted octanol–water partition coefficient (Wildman–Crippen LogP) is 5.20. The Morgan fingerprint density at radius 2 is 1.63 bits per heavy atom. The third-order valence-corrected chi connectivity index (χ3v) is 16.8. The van der Waals surface area contributed by atoms with Crippen LogP contribution < -0.4 is 20.8 Å². The van der Waals surface area contributed by atoms with Gasteiger partial charge in [0.2, 0.25) is 5.91 Å². The molecule has 3 aromatic rings. The molecule has 4 unspecified atom stereocenters. The number of benzene rings is 2. The summed E-state index contributed by atoms with van der Waals surface area (Å²) < 4.78 is 20.9. The van der Waals surface area contributed by atoms with Crippen molar-refractivity contribution in [1.82, 2.24) is 24.3 Å². The SMILES string of the molecule is C/C1=C/C=C/C(C)[C@H](O)[C@@H](C)C(O)[C@@H](C)C(OC(=O)CC(=O)N2CCC(N3CCn4ccnc4C3)CC2)[C@H](C)C/C=C/OC2(C)Oc3c(C)c(O)c4c(O)c(c5c(c4c3C2=O)=NC2(CCN(CC(C)C)CC2)N=5)NC1=O. The maximum Gasteiger partial charge on any atom is 0.315 e. The molecule has 76 heavy (non-hydrogen) atoms. The number of aromatic hydroxyl groups is 2. The van der Waals surface area contributed by atoms with E-state index in [1.807, 2.05) is 19.3 Å². The monoisotopic (exact) mass is 1050 g/mol. The molecule has 2 aromatic carbocycles. The summed E-state index contributed by atoms with van der Waals surface area (Å²) >= 11 is 0. The topological polar surface area (TPSA) is 241 Å². The quantitative estimate of drug-likeness (QED) is 0.121. The largest absolute Gasteiger partial charge is 0.507 e. The zero-order valence-corrected chi connectivity index (χ0v) is 45.4. The number of anilines is 1. The number of aliphatic hydroxyl groups excluding tert-OH is 2. The molecule has 7 aliphatic rings. The normalized spacial score (nSPS) is 30.2. The van der Waals surface area contributed by atoms with E-state index >= 15 is 0 Å². The molecule has 19 nitrogen and oxygen atoms in total. The van der Waals surface area contributed by atoms with Crippen molar-refractivity contribution in [3.8, 4) is 17.2 Å². The van der Waals surface area contributed by atoms with E-state index in [2.05, 4.69) is 38.5 Å². The first kappa shape index (κ1) is 54.6.